The summed E-state index contributed by atoms with van der Waals surface area (Å²) in [5.74, 6) is 1.04. The van der Waals surface area contributed by atoms with Gasteiger partial charge in [-0.25, -0.2) is 4.39 Å². The van der Waals surface area contributed by atoms with E-state index in [4.69, 9.17) is 9.72 Å². The molecule has 4 nitrogen and oxygen atoms in total. The van der Waals surface area contributed by atoms with Gasteiger partial charge >= 0.3 is 0 Å². The van der Waals surface area contributed by atoms with Crippen LogP contribution in [-0.4, -0.2) is 36.0 Å². The molecule has 2 heterocycles. The van der Waals surface area contributed by atoms with E-state index in [1.807, 2.05) is 17.0 Å². The first kappa shape index (κ1) is 21.0. The molecular weight excluding hydrogens is 391 g/mol. The van der Waals surface area contributed by atoms with E-state index in [0.29, 0.717) is 12.3 Å². The Morgan fingerprint density at radius 1 is 1.00 bits per heavy atom. The summed E-state index contributed by atoms with van der Waals surface area (Å²) >= 11 is 0. The van der Waals surface area contributed by atoms with Gasteiger partial charge in [-0.2, -0.15) is 0 Å². The van der Waals surface area contributed by atoms with Gasteiger partial charge in [-0.15, -0.1) is 0 Å². The van der Waals surface area contributed by atoms with E-state index >= 15 is 0 Å². The number of piperidine rings is 1. The van der Waals surface area contributed by atoms with Crippen LogP contribution in [0.4, 0.5) is 4.39 Å². The minimum atomic E-state index is -0.279. The van der Waals surface area contributed by atoms with Crippen LogP contribution >= 0.6 is 0 Å². The monoisotopic (exact) mass is 418 g/mol. The van der Waals surface area contributed by atoms with E-state index < -0.39 is 0 Å². The predicted molar refractivity (Wildman–Crippen MR) is 119 cm³/mol. The molecule has 160 valence electrons. The minimum absolute atomic E-state index is 0.103. The summed E-state index contributed by atoms with van der Waals surface area (Å²) < 4.78 is 18.3. The fourth-order valence-electron chi connectivity index (χ4n) is 4.09. The van der Waals surface area contributed by atoms with Crippen LogP contribution in [0, 0.1) is 5.82 Å². The Morgan fingerprint density at radius 2 is 1.68 bits per heavy atom. The van der Waals surface area contributed by atoms with Crippen molar-refractivity contribution in [1.82, 2.24) is 9.88 Å². The first-order valence-corrected chi connectivity index (χ1v) is 10.7. The van der Waals surface area contributed by atoms with Gasteiger partial charge in [0.2, 0.25) is 5.91 Å². The second kappa shape index (κ2) is 9.73. The summed E-state index contributed by atoms with van der Waals surface area (Å²) in [6, 6.07) is 20.5. The SMILES string of the molecule is COc1ccc(Cc2cccc(C3CCN(C(=O)Cc4ccc(F)cc4)CC3)n2)cc1. The lowest BCUT2D eigenvalue weighted by Gasteiger charge is -2.32. The van der Waals surface area contributed by atoms with Crippen LogP contribution in [0.3, 0.4) is 0 Å². The van der Waals surface area contributed by atoms with Crippen molar-refractivity contribution in [3.8, 4) is 5.75 Å². The molecule has 0 saturated carbocycles. The van der Waals surface area contributed by atoms with Crippen molar-refractivity contribution >= 4 is 5.91 Å². The maximum atomic E-state index is 13.1. The van der Waals surface area contributed by atoms with Crippen molar-refractivity contribution < 1.29 is 13.9 Å². The molecule has 0 N–H and O–H groups in total. The van der Waals surface area contributed by atoms with Crippen LogP contribution in [0.5, 0.6) is 5.75 Å². The molecule has 0 atom stereocenters. The maximum Gasteiger partial charge on any atom is 0.226 e. The highest BCUT2D eigenvalue weighted by Crippen LogP contribution is 2.27. The summed E-state index contributed by atoms with van der Waals surface area (Å²) in [6.07, 6.45) is 2.93. The highest BCUT2D eigenvalue weighted by molar-refractivity contribution is 5.78. The lowest BCUT2D eigenvalue weighted by atomic mass is 9.92. The smallest absolute Gasteiger partial charge is 0.226 e. The molecule has 1 aliphatic heterocycles. The van der Waals surface area contributed by atoms with Crippen LogP contribution in [0.25, 0.3) is 0 Å². The molecule has 2 aromatic carbocycles. The molecule has 1 aliphatic rings. The van der Waals surface area contributed by atoms with Crippen molar-refractivity contribution in [2.24, 2.45) is 0 Å². The number of pyridine rings is 1. The van der Waals surface area contributed by atoms with E-state index in [0.717, 1.165) is 55.1 Å². The number of carbonyl (C=O) groups is 1. The van der Waals surface area contributed by atoms with Gasteiger partial charge in [0.15, 0.2) is 0 Å². The maximum absolute atomic E-state index is 13.1. The molecule has 31 heavy (non-hydrogen) atoms. The number of amides is 1. The number of halogens is 1. The normalized spacial score (nSPS) is 14.5. The number of hydrogen-bond donors (Lipinski definition) is 0. The van der Waals surface area contributed by atoms with Gasteiger partial charge < -0.3 is 9.64 Å². The number of benzene rings is 2. The number of rotatable bonds is 6. The van der Waals surface area contributed by atoms with Crippen LogP contribution in [0.15, 0.2) is 66.7 Å². The summed E-state index contributed by atoms with van der Waals surface area (Å²) in [5, 5.41) is 0. The third-order valence-corrected chi connectivity index (χ3v) is 5.91. The molecule has 4 rings (SSSR count). The highest BCUT2D eigenvalue weighted by atomic mass is 19.1. The van der Waals surface area contributed by atoms with Crippen molar-refractivity contribution in [1.29, 1.82) is 0 Å². The molecule has 0 aliphatic carbocycles. The number of methoxy groups -OCH3 is 1. The Bertz CT molecular complexity index is 1010. The second-order valence-electron chi connectivity index (χ2n) is 8.04. The molecule has 0 radical (unpaired) electrons. The summed E-state index contributed by atoms with van der Waals surface area (Å²) in [6.45, 7) is 1.46. The third-order valence-electron chi connectivity index (χ3n) is 5.91. The highest BCUT2D eigenvalue weighted by Gasteiger charge is 2.24. The standard InChI is InChI=1S/C26H27FN2O2/c1-31-24-11-7-19(8-12-24)17-23-3-2-4-25(28-23)21-13-15-29(16-14-21)26(30)18-20-5-9-22(27)10-6-20/h2-12,21H,13-18H2,1H3. The van der Waals surface area contributed by atoms with Crippen molar-refractivity contribution in [2.45, 2.75) is 31.6 Å². The quantitative estimate of drug-likeness (QED) is 0.579. The largest absolute Gasteiger partial charge is 0.497 e. The fourth-order valence-corrected chi connectivity index (χ4v) is 4.09. The number of aromatic nitrogens is 1. The zero-order valence-electron chi connectivity index (χ0n) is 17.8. The average molecular weight is 419 g/mol. The number of hydrogen-bond acceptors (Lipinski definition) is 3. The van der Waals surface area contributed by atoms with Crippen LogP contribution in [-0.2, 0) is 17.6 Å². The van der Waals surface area contributed by atoms with Gasteiger partial charge in [0, 0.05) is 36.8 Å². The lowest BCUT2D eigenvalue weighted by Crippen LogP contribution is -2.38. The first-order chi connectivity index (χ1) is 15.1. The predicted octanol–water partition coefficient (Wildman–Crippen LogP) is 4.77. The molecule has 3 aromatic rings. The molecule has 1 fully saturated rings. The van der Waals surface area contributed by atoms with Gasteiger partial charge in [-0.1, -0.05) is 30.3 Å². The number of likely N-dealkylation sites (tertiary alicyclic amines) is 1. The van der Waals surface area contributed by atoms with E-state index in [2.05, 4.69) is 30.3 Å². The van der Waals surface area contributed by atoms with Crippen molar-refractivity contribution in [2.75, 3.05) is 20.2 Å². The van der Waals surface area contributed by atoms with E-state index in [1.165, 1.54) is 17.7 Å². The average Bonchev–Trinajstić information content (AvgIpc) is 2.81. The molecule has 1 amide bonds. The molecule has 1 aromatic heterocycles. The van der Waals surface area contributed by atoms with Crippen molar-refractivity contribution in [3.05, 3.63) is 95.1 Å². The topological polar surface area (TPSA) is 42.4 Å². The second-order valence-corrected chi connectivity index (χ2v) is 8.04. The Morgan fingerprint density at radius 3 is 2.35 bits per heavy atom. The Balaban J connectivity index is 1.33. The molecule has 0 bridgehead atoms. The van der Waals surface area contributed by atoms with Crippen LogP contribution in [0.2, 0.25) is 0 Å². The number of carbonyl (C=O) groups excluding carboxylic acids is 1. The minimum Gasteiger partial charge on any atom is -0.497 e. The van der Waals surface area contributed by atoms with E-state index in [9.17, 15) is 9.18 Å². The van der Waals surface area contributed by atoms with Crippen molar-refractivity contribution in [3.63, 3.8) is 0 Å². The van der Waals surface area contributed by atoms with Gasteiger partial charge in [-0.3, -0.25) is 9.78 Å². The lowest BCUT2D eigenvalue weighted by molar-refractivity contribution is -0.131. The van der Waals surface area contributed by atoms with Crippen LogP contribution in [0.1, 0.15) is 41.3 Å². The van der Waals surface area contributed by atoms with Gasteiger partial charge in [0.25, 0.3) is 0 Å². The summed E-state index contributed by atoms with van der Waals surface area (Å²) in [5.41, 5.74) is 4.21. The molecular formula is C26H27FN2O2. The molecule has 0 spiro atoms. The number of nitrogens with zero attached hydrogens (tertiary/aromatic N) is 2. The Labute approximate surface area is 182 Å². The van der Waals surface area contributed by atoms with E-state index in [1.54, 1.807) is 19.2 Å². The van der Waals surface area contributed by atoms with E-state index in [-0.39, 0.29) is 11.7 Å². The zero-order chi connectivity index (χ0) is 21.6. The Hall–Kier alpha value is -3.21. The molecule has 0 unspecified atom stereocenters. The first-order valence-electron chi connectivity index (χ1n) is 10.7. The third kappa shape index (κ3) is 5.48. The van der Waals surface area contributed by atoms with Gasteiger partial charge in [0.1, 0.15) is 11.6 Å². The van der Waals surface area contributed by atoms with Gasteiger partial charge in [0.05, 0.1) is 13.5 Å². The zero-order valence-corrected chi connectivity index (χ0v) is 17.8. The van der Waals surface area contributed by atoms with Gasteiger partial charge in [-0.05, 0) is 60.4 Å². The fraction of sp³-hybridized carbons (Fsp3) is 0.308. The van der Waals surface area contributed by atoms with Crippen LogP contribution < -0.4 is 4.74 Å². The molecule has 1 saturated heterocycles. The summed E-state index contributed by atoms with van der Waals surface area (Å²) in [7, 11) is 1.67. The summed E-state index contributed by atoms with van der Waals surface area (Å²) in [4.78, 5) is 19.4. The number of ether oxygens (including phenoxy) is 1. The molecule has 5 heteroatoms. The Kier molecular flexibility index (Phi) is 6.60.